The lowest BCUT2D eigenvalue weighted by Gasteiger charge is -2.33. The number of carbonyl (C=O) groups is 1. The summed E-state index contributed by atoms with van der Waals surface area (Å²) >= 11 is 1.89. The number of aliphatic hydroxyl groups excluding tert-OH is 1. The largest absolute Gasteiger partial charge is 0.395 e. The summed E-state index contributed by atoms with van der Waals surface area (Å²) in [6, 6.07) is 6.04. The highest BCUT2D eigenvalue weighted by Gasteiger charge is 2.25. The molecule has 1 saturated heterocycles. The van der Waals surface area contributed by atoms with E-state index in [2.05, 4.69) is 18.8 Å². The highest BCUT2D eigenvalue weighted by atomic mass is 32.2. The average Bonchev–Trinajstić information content (AvgIpc) is 2.49. The van der Waals surface area contributed by atoms with Gasteiger partial charge in [-0.1, -0.05) is 23.5 Å². The number of nitrogens with zero attached hydrogens (tertiary/aromatic N) is 1. The first kappa shape index (κ1) is 15.9. The third-order valence-electron chi connectivity index (χ3n) is 3.49. The number of amides is 1. The summed E-state index contributed by atoms with van der Waals surface area (Å²) < 4.78 is 0. The molecule has 1 heterocycles. The molecule has 0 spiro atoms. The van der Waals surface area contributed by atoms with Crippen molar-refractivity contribution in [3.8, 4) is 11.8 Å². The lowest BCUT2D eigenvalue weighted by Crippen LogP contribution is -2.44. The van der Waals surface area contributed by atoms with Crippen LogP contribution in [0.3, 0.4) is 0 Å². The van der Waals surface area contributed by atoms with Crippen molar-refractivity contribution < 1.29 is 9.90 Å². The predicted molar refractivity (Wildman–Crippen MR) is 87.6 cm³/mol. The van der Waals surface area contributed by atoms with E-state index in [9.17, 15) is 4.79 Å². The molecule has 1 fully saturated rings. The fraction of sp³-hybridized carbons (Fsp3) is 0.471. The van der Waals surface area contributed by atoms with Gasteiger partial charge in [0.25, 0.3) is 5.91 Å². The normalized spacial score (nSPS) is 18.0. The second-order valence-corrected chi connectivity index (χ2v) is 6.40. The van der Waals surface area contributed by atoms with Crippen LogP contribution >= 0.6 is 11.8 Å². The maximum absolute atomic E-state index is 12.8. The molecule has 1 aliphatic heterocycles. The van der Waals surface area contributed by atoms with Gasteiger partial charge in [0, 0.05) is 36.1 Å². The van der Waals surface area contributed by atoms with E-state index in [4.69, 9.17) is 5.11 Å². The first-order chi connectivity index (χ1) is 10.1. The molecular formula is C17H21NO2S. The molecule has 4 heteroatoms. The zero-order chi connectivity index (χ0) is 15.2. The van der Waals surface area contributed by atoms with Crippen LogP contribution in [-0.2, 0) is 0 Å². The van der Waals surface area contributed by atoms with Crippen LogP contribution in [0.5, 0.6) is 0 Å². The van der Waals surface area contributed by atoms with E-state index >= 15 is 0 Å². The fourth-order valence-corrected chi connectivity index (χ4v) is 3.35. The number of hydrogen-bond donors (Lipinski definition) is 1. The molecule has 1 aromatic rings. The minimum atomic E-state index is 0.0442. The number of aryl methyl sites for hydroxylation is 1. The Balaban J connectivity index is 2.30. The van der Waals surface area contributed by atoms with Crippen molar-refractivity contribution in [2.75, 3.05) is 24.7 Å². The van der Waals surface area contributed by atoms with Crippen LogP contribution in [-0.4, -0.2) is 46.6 Å². The molecule has 112 valence electrons. The molecule has 0 saturated carbocycles. The molecule has 1 unspecified atom stereocenters. The molecular weight excluding hydrogens is 282 g/mol. The number of carbonyl (C=O) groups excluding carboxylic acids is 1. The summed E-state index contributed by atoms with van der Waals surface area (Å²) in [5.74, 6) is 7.97. The molecule has 1 N–H and O–H groups in total. The lowest BCUT2D eigenvalue weighted by molar-refractivity contribution is 0.0715. The van der Waals surface area contributed by atoms with Crippen LogP contribution in [0.2, 0.25) is 0 Å². The Labute approximate surface area is 130 Å². The zero-order valence-corrected chi connectivity index (χ0v) is 13.4. The predicted octanol–water partition coefficient (Wildman–Crippen LogP) is 2.31. The van der Waals surface area contributed by atoms with Crippen LogP contribution in [0.15, 0.2) is 18.2 Å². The topological polar surface area (TPSA) is 40.5 Å². The lowest BCUT2D eigenvalue weighted by atomic mass is 10.0. The summed E-state index contributed by atoms with van der Waals surface area (Å²) in [4.78, 5) is 14.8. The third-order valence-corrected chi connectivity index (χ3v) is 4.68. The Hall–Kier alpha value is -1.44. The maximum atomic E-state index is 12.8. The number of benzene rings is 1. The summed E-state index contributed by atoms with van der Waals surface area (Å²) in [7, 11) is 0. The Morgan fingerprint density at radius 2 is 2.33 bits per heavy atom. The van der Waals surface area contributed by atoms with Crippen molar-refractivity contribution in [1.29, 1.82) is 0 Å². The van der Waals surface area contributed by atoms with Gasteiger partial charge in [0.15, 0.2) is 0 Å². The molecule has 0 aromatic heterocycles. The van der Waals surface area contributed by atoms with Crippen LogP contribution in [0.25, 0.3) is 0 Å². The van der Waals surface area contributed by atoms with Gasteiger partial charge in [0.1, 0.15) is 0 Å². The number of hydrogen-bond acceptors (Lipinski definition) is 3. The van der Waals surface area contributed by atoms with E-state index in [0.29, 0.717) is 12.0 Å². The van der Waals surface area contributed by atoms with Gasteiger partial charge in [0.05, 0.1) is 12.2 Å². The number of rotatable bonds is 2. The third kappa shape index (κ3) is 4.03. The standard InChI is InChI=1S/C17H21NO2S/c1-13-6-7-15(5-3-4-9-19)16(11-13)17(20)18-8-10-21-12-14(18)2/h6-7,11,14,19H,4,8-10,12H2,1-2H3. The van der Waals surface area contributed by atoms with Gasteiger partial charge < -0.3 is 10.0 Å². The molecule has 0 bridgehead atoms. The van der Waals surface area contributed by atoms with Crippen molar-refractivity contribution in [1.82, 2.24) is 4.90 Å². The molecule has 1 atom stereocenters. The molecule has 1 amide bonds. The van der Waals surface area contributed by atoms with Crippen molar-refractivity contribution in [2.45, 2.75) is 26.3 Å². The molecule has 0 radical (unpaired) electrons. The minimum absolute atomic E-state index is 0.0442. The van der Waals surface area contributed by atoms with Gasteiger partial charge in [-0.3, -0.25) is 4.79 Å². The Kier molecular flexibility index (Phi) is 5.72. The first-order valence-electron chi connectivity index (χ1n) is 7.22. The van der Waals surface area contributed by atoms with Crippen LogP contribution in [0, 0.1) is 18.8 Å². The average molecular weight is 303 g/mol. The van der Waals surface area contributed by atoms with E-state index in [1.54, 1.807) is 0 Å². The molecule has 21 heavy (non-hydrogen) atoms. The molecule has 1 aliphatic rings. The summed E-state index contributed by atoms with van der Waals surface area (Å²) in [5.41, 5.74) is 2.49. The van der Waals surface area contributed by atoms with E-state index in [0.717, 1.165) is 29.2 Å². The van der Waals surface area contributed by atoms with Crippen molar-refractivity contribution >= 4 is 17.7 Å². The first-order valence-corrected chi connectivity index (χ1v) is 8.38. The van der Waals surface area contributed by atoms with Gasteiger partial charge >= 0.3 is 0 Å². The molecule has 3 nitrogen and oxygen atoms in total. The van der Waals surface area contributed by atoms with Crippen LogP contribution in [0.4, 0.5) is 0 Å². The molecule has 1 aromatic carbocycles. The van der Waals surface area contributed by atoms with Crippen LogP contribution in [0.1, 0.15) is 34.8 Å². The van der Waals surface area contributed by atoms with E-state index in [-0.39, 0.29) is 18.6 Å². The number of aliphatic hydroxyl groups is 1. The second-order valence-electron chi connectivity index (χ2n) is 5.25. The van der Waals surface area contributed by atoms with Crippen LogP contribution < -0.4 is 0 Å². The van der Waals surface area contributed by atoms with Gasteiger partial charge in [-0.05, 0) is 26.0 Å². The highest BCUT2D eigenvalue weighted by Crippen LogP contribution is 2.21. The SMILES string of the molecule is Cc1ccc(C#CCCO)c(C(=O)N2CCSCC2C)c1. The number of thioether (sulfide) groups is 1. The monoisotopic (exact) mass is 303 g/mol. The molecule has 2 rings (SSSR count). The van der Waals surface area contributed by atoms with Gasteiger partial charge in [-0.15, -0.1) is 0 Å². The Morgan fingerprint density at radius 1 is 1.52 bits per heavy atom. The molecule has 0 aliphatic carbocycles. The summed E-state index contributed by atoms with van der Waals surface area (Å²) in [5, 5.41) is 8.83. The van der Waals surface area contributed by atoms with E-state index < -0.39 is 0 Å². The quantitative estimate of drug-likeness (QED) is 0.852. The van der Waals surface area contributed by atoms with Gasteiger partial charge in [-0.2, -0.15) is 11.8 Å². The van der Waals surface area contributed by atoms with Crippen molar-refractivity contribution in [3.63, 3.8) is 0 Å². The summed E-state index contributed by atoms with van der Waals surface area (Å²) in [6.07, 6.45) is 0.429. The Bertz CT molecular complexity index is 574. The zero-order valence-electron chi connectivity index (χ0n) is 12.6. The van der Waals surface area contributed by atoms with Crippen molar-refractivity contribution in [3.05, 3.63) is 34.9 Å². The van der Waals surface area contributed by atoms with Crippen molar-refractivity contribution in [2.24, 2.45) is 0 Å². The van der Waals surface area contributed by atoms with Gasteiger partial charge in [-0.25, -0.2) is 0 Å². The smallest absolute Gasteiger partial charge is 0.255 e. The fourth-order valence-electron chi connectivity index (χ4n) is 2.34. The second kappa shape index (κ2) is 7.53. The van der Waals surface area contributed by atoms with Gasteiger partial charge in [0.2, 0.25) is 0 Å². The van der Waals surface area contributed by atoms with E-state index in [1.165, 1.54) is 0 Å². The maximum Gasteiger partial charge on any atom is 0.255 e. The Morgan fingerprint density at radius 3 is 3.05 bits per heavy atom. The highest BCUT2D eigenvalue weighted by molar-refractivity contribution is 7.99. The summed E-state index contributed by atoms with van der Waals surface area (Å²) in [6.45, 7) is 4.92. The van der Waals surface area contributed by atoms with E-state index in [1.807, 2.05) is 41.8 Å². The minimum Gasteiger partial charge on any atom is -0.395 e.